The number of nitrogens with one attached hydrogen (secondary N) is 2. The van der Waals surface area contributed by atoms with Crippen molar-refractivity contribution in [2.45, 2.75) is 31.7 Å². The van der Waals surface area contributed by atoms with Crippen molar-refractivity contribution in [1.29, 1.82) is 0 Å². The zero-order valence-electron chi connectivity index (χ0n) is 12.7. The van der Waals surface area contributed by atoms with Crippen molar-refractivity contribution in [3.63, 3.8) is 0 Å². The number of benzene rings is 1. The van der Waals surface area contributed by atoms with Crippen LogP contribution in [-0.4, -0.2) is 32.2 Å². The molecule has 1 heterocycles. The average molecular weight is 315 g/mol. The van der Waals surface area contributed by atoms with Crippen molar-refractivity contribution >= 4 is 24.0 Å². The summed E-state index contributed by atoms with van der Waals surface area (Å²) in [6.07, 6.45) is 2.70. The number of hydrogen-bond donors (Lipinski definition) is 2. The van der Waals surface area contributed by atoms with Gasteiger partial charge in [-0.25, -0.2) is 0 Å². The largest absolute Gasteiger partial charge is 0.493 e. The lowest BCUT2D eigenvalue weighted by atomic mass is 9.93. The Balaban J connectivity index is 0.00000220. The summed E-state index contributed by atoms with van der Waals surface area (Å²) in [6.45, 7) is 2.93. The second-order valence-corrected chi connectivity index (χ2v) is 4.99. The number of carbonyl (C=O) groups excluding carboxylic acids is 1. The summed E-state index contributed by atoms with van der Waals surface area (Å²) in [5.41, 5.74) is 0.279. The first-order valence-corrected chi connectivity index (χ1v) is 6.93. The van der Waals surface area contributed by atoms with Crippen molar-refractivity contribution < 1.29 is 14.3 Å². The van der Waals surface area contributed by atoms with Gasteiger partial charge in [-0.15, -0.1) is 12.4 Å². The van der Waals surface area contributed by atoms with E-state index in [0.29, 0.717) is 17.2 Å². The number of halogens is 1. The van der Waals surface area contributed by atoms with Crippen molar-refractivity contribution in [1.82, 2.24) is 5.32 Å². The highest BCUT2D eigenvalue weighted by Crippen LogP contribution is 2.31. The SMILES string of the molecule is CCC1(C(=O)Nc2ccc(OC)c(OC)c2)CCCN1.Cl. The van der Waals surface area contributed by atoms with Gasteiger partial charge in [0.1, 0.15) is 0 Å². The van der Waals surface area contributed by atoms with Crippen molar-refractivity contribution in [3.05, 3.63) is 18.2 Å². The van der Waals surface area contributed by atoms with Gasteiger partial charge in [-0.3, -0.25) is 4.79 Å². The maximum Gasteiger partial charge on any atom is 0.244 e. The lowest BCUT2D eigenvalue weighted by Crippen LogP contribution is -2.50. The first-order chi connectivity index (χ1) is 9.65. The topological polar surface area (TPSA) is 59.6 Å². The Morgan fingerprint density at radius 2 is 2.05 bits per heavy atom. The third-order valence-electron chi connectivity index (χ3n) is 3.92. The van der Waals surface area contributed by atoms with Crippen molar-refractivity contribution in [2.75, 3.05) is 26.1 Å². The molecule has 1 amide bonds. The summed E-state index contributed by atoms with van der Waals surface area (Å²) in [6, 6.07) is 5.38. The molecule has 0 spiro atoms. The fraction of sp³-hybridized carbons (Fsp3) is 0.533. The molecular formula is C15H23ClN2O3. The van der Waals surface area contributed by atoms with Crippen LogP contribution in [0.5, 0.6) is 11.5 Å². The van der Waals surface area contributed by atoms with Gasteiger partial charge >= 0.3 is 0 Å². The first-order valence-electron chi connectivity index (χ1n) is 6.93. The number of amides is 1. The summed E-state index contributed by atoms with van der Waals surface area (Å²) >= 11 is 0. The minimum absolute atomic E-state index is 0. The maximum absolute atomic E-state index is 12.5. The molecular weight excluding hydrogens is 292 g/mol. The molecule has 1 aromatic carbocycles. The van der Waals surface area contributed by atoms with E-state index >= 15 is 0 Å². The Morgan fingerprint density at radius 3 is 2.57 bits per heavy atom. The predicted molar refractivity (Wildman–Crippen MR) is 85.7 cm³/mol. The molecule has 6 heteroatoms. The Labute approximate surface area is 131 Å². The number of rotatable bonds is 5. The van der Waals surface area contributed by atoms with Crippen LogP contribution in [0.1, 0.15) is 26.2 Å². The molecule has 0 aromatic heterocycles. The number of methoxy groups -OCH3 is 2. The molecule has 1 atom stereocenters. The van der Waals surface area contributed by atoms with E-state index in [4.69, 9.17) is 9.47 Å². The monoisotopic (exact) mass is 314 g/mol. The van der Waals surface area contributed by atoms with E-state index < -0.39 is 5.54 Å². The smallest absolute Gasteiger partial charge is 0.244 e. The van der Waals surface area contributed by atoms with Crippen LogP contribution in [0.2, 0.25) is 0 Å². The molecule has 1 unspecified atom stereocenters. The van der Waals surface area contributed by atoms with Gasteiger partial charge in [0, 0.05) is 11.8 Å². The molecule has 0 aliphatic carbocycles. The summed E-state index contributed by atoms with van der Waals surface area (Å²) in [5, 5.41) is 6.29. The van der Waals surface area contributed by atoms with E-state index in [9.17, 15) is 4.79 Å². The van der Waals surface area contributed by atoms with E-state index in [-0.39, 0.29) is 18.3 Å². The molecule has 2 N–H and O–H groups in total. The Bertz CT molecular complexity index is 488. The Kier molecular flexibility index (Phi) is 6.30. The number of carbonyl (C=O) groups is 1. The van der Waals surface area contributed by atoms with E-state index in [1.54, 1.807) is 26.4 Å². The summed E-state index contributed by atoms with van der Waals surface area (Å²) < 4.78 is 10.4. The first kappa shape index (κ1) is 17.6. The summed E-state index contributed by atoms with van der Waals surface area (Å²) in [4.78, 5) is 12.5. The number of anilines is 1. The molecule has 1 saturated heterocycles. The molecule has 0 bridgehead atoms. The van der Waals surface area contributed by atoms with Gasteiger partial charge in [-0.05, 0) is 37.9 Å². The standard InChI is InChI=1S/C15H22N2O3.ClH/c1-4-15(8-5-9-16-15)14(18)17-11-6-7-12(19-2)13(10-11)20-3;/h6-7,10,16H,4-5,8-9H2,1-3H3,(H,17,18);1H. The second-order valence-electron chi connectivity index (χ2n) is 4.99. The molecule has 2 rings (SSSR count). The summed E-state index contributed by atoms with van der Waals surface area (Å²) in [7, 11) is 3.17. The van der Waals surface area contributed by atoms with Gasteiger partial charge in [-0.2, -0.15) is 0 Å². The summed E-state index contributed by atoms with van der Waals surface area (Å²) in [5.74, 6) is 1.27. The van der Waals surface area contributed by atoms with Crippen LogP contribution >= 0.6 is 12.4 Å². The lowest BCUT2D eigenvalue weighted by Gasteiger charge is -2.26. The number of ether oxygens (including phenoxy) is 2. The molecule has 1 fully saturated rings. The Hall–Kier alpha value is -1.46. The minimum Gasteiger partial charge on any atom is -0.493 e. The highest BCUT2D eigenvalue weighted by Gasteiger charge is 2.39. The average Bonchev–Trinajstić information content (AvgIpc) is 2.97. The third kappa shape index (κ3) is 3.60. The molecule has 0 saturated carbocycles. The van der Waals surface area contributed by atoms with E-state index in [1.165, 1.54) is 0 Å². The quantitative estimate of drug-likeness (QED) is 0.877. The minimum atomic E-state index is -0.437. The molecule has 0 radical (unpaired) electrons. The number of hydrogen-bond acceptors (Lipinski definition) is 4. The molecule has 1 aliphatic heterocycles. The van der Waals surface area contributed by atoms with Gasteiger partial charge in [0.15, 0.2) is 11.5 Å². The molecule has 1 aliphatic rings. The van der Waals surface area contributed by atoms with Crippen LogP contribution in [0, 0.1) is 0 Å². The predicted octanol–water partition coefficient (Wildman–Crippen LogP) is 2.60. The van der Waals surface area contributed by atoms with Gasteiger partial charge in [0.2, 0.25) is 5.91 Å². The van der Waals surface area contributed by atoms with Crippen LogP contribution in [0.3, 0.4) is 0 Å². The van der Waals surface area contributed by atoms with Crippen LogP contribution in [0.4, 0.5) is 5.69 Å². The van der Waals surface area contributed by atoms with Crippen molar-refractivity contribution in [2.24, 2.45) is 0 Å². The van der Waals surface area contributed by atoms with E-state index in [2.05, 4.69) is 10.6 Å². The van der Waals surface area contributed by atoms with Crippen LogP contribution in [0.25, 0.3) is 0 Å². The van der Waals surface area contributed by atoms with Crippen LogP contribution < -0.4 is 20.1 Å². The van der Waals surface area contributed by atoms with E-state index in [0.717, 1.165) is 25.8 Å². The molecule has 1 aromatic rings. The maximum atomic E-state index is 12.5. The van der Waals surface area contributed by atoms with Gasteiger partial charge < -0.3 is 20.1 Å². The Morgan fingerprint density at radius 1 is 1.33 bits per heavy atom. The molecule has 118 valence electrons. The van der Waals surface area contributed by atoms with Crippen molar-refractivity contribution in [3.8, 4) is 11.5 Å². The second kappa shape index (κ2) is 7.52. The molecule has 21 heavy (non-hydrogen) atoms. The van der Waals surface area contributed by atoms with Gasteiger partial charge in [0.25, 0.3) is 0 Å². The normalized spacial score (nSPS) is 20.5. The highest BCUT2D eigenvalue weighted by molar-refractivity contribution is 5.98. The highest BCUT2D eigenvalue weighted by atomic mass is 35.5. The third-order valence-corrected chi connectivity index (χ3v) is 3.92. The lowest BCUT2D eigenvalue weighted by molar-refractivity contribution is -0.122. The zero-order valence-corrected chi connectivity index (χ0v) is 13.5. The van der Waals surface area contributed by atoms with Crippen LogP contribution in [-0.2, 0) is 4.79 Å². The fourth-order valence-corrected chi connectivity index (χ4v) is 2.63. The fourth-order valence-electron chi connectivity index (χ4n) is 2.63. The van der Waals surface area contributed by atoms with Gasteiger partial charge in [-0.1, -0.05) is 6.92 Å². The van der Waals surface area contributed by atoms with E-state index in [1.807, 2.05) is 13.0 Å². The van der Waals surface area contributed by atoms with Crippen LogP contribution in [0.15, 0.2) is 18.2 Å². The van der Waals surface area contributed by atoms with Gasteiger partial charge in [0.05, 0.1) is 19.8 Å². The molecule has 5 nitrogen and oxygen atoms in total. The zero-order chi connectivity index (χ0) is 14.6.